The Bertz CT molecular complexity index is 1160. The smallest absolute Gasteiger partial charge is 0.255 e. The minimum atomic E-state index is -0.242. The summed E-state index contributed by atoms with van der Waals surface area (Å²) >= 11 is 0. The number of ether oxygens (including phenoxy) is 1. The number of anilines is 1. The summed E-state index contributed by atoms with van der Waals surface area (Å²) in [4.78, 5) is 25.2. The van der Waals surface area contributed by atoms with Crippen LogP contribution in [0.25, 0.3) is 0 Å². The molecule has 1 aromatic heterocycles. The number of aromatic nitrogens is 1. The van der Waals surface area contributed by atoms with Gasteiger partial charge in [-0.15, -0.1) is 0 Å². The molecule has 0 radical (unpaired) electrons. The monoisotopic (exact) mass is 433 g/mol. The quantitative estimate of drug-likeness (QED) is 0.567. The molecule has 1 saturated carbocycles. The maximum Gasteiger partial charge on any atom is 0.255 e. The van der Waals surface area contributed by atoms with Crippen molar-refractivity contribution < 1.29 is 18.8 Å². The Labute approximate surface area is 187 Å². The third-order valence-corrected chi connectivity index (χ3v) is 5.65. The van der Waals surface area contributed by atoms with E-state index in [9.17, 15) is 9.59 Å². The van der Waals surface area contributed by atoms with Crippen LogP contribution in [0.3, 0.4) is 0 Å². The second-order valence-corrected chi connectivity index (χ2v) is 8.30. The highest BCUT2D eigenvalue weighted by atomic mass is 16.5. The molecular weight excluding hydrogens is 406 g/mol. The molecule has 4 rings (SSSR count). The lowest BCUT2D eigenvalue weighted by Gasteiger charge is -2.13. The molecule has 1 aliphatic carbocycles. The number of aryl methyl sites for hydroxylation is 4. The van der Waals surface area contributed by atoms with Crippen molar-refractivity contribution in [2.45, 2.75) is 53.2 Å². The molecule has 0 unspecified atom stereocenters. The van der Waals surface area contributed by atoms with E-state index in [0.717, 1.165) is 41.0 Å². The van der Waals surface area contributed by atoms with Crippen LogP contribution < -0.4 is 15.4 Å². The van der Waals surface area contributed by atoms with Crippen molar-refractivity contribution in [1.29, 1.82) is 0 Å². The van der Waals surface area contributed by atoms with Gasteiger partial charge in [0.2, 0.25) is 0 Å². The average Bonchev–Trinajstić information content (AvgIpc) is 3.52. The van der Waals surface area contributed by atoms with Crippen molar-refractivity contribution in [2.24, 2.45) is 0 Å². The maximum atomic E-state index is 12.9. The van der Waals surface area contributed by atoms with Gasteiger partial charge < -0.3 is 19.9 Å². The van der Waals surface area contributed by atoms with Crippen molar-refractivity contribution in [3.63, 3.8) is 0 Å². The SMILES string of the molecule is Cc1ccc(C(=O)NC2CC2)cc1NC(=O)c1ccc(OCc2c(C)noc2C)c(C)c1. The second kappa shape index (κ2) is 8.86. The Morgan fingerprint density at radius 3 is 2.38 bits per heavy atom. The Morgan fingerprint density at radius 1 is 1.00 bits per heavy atom. The summed E-state index contributed by atoms with van der Waals surface area (Å²) in [5.74, 6) is 1.07. The van der Waals surface area contributed by atoms with Crippen LogP contribution in [0.15, 0.2) is 40.9 Å². The largest absolute Gasteiger partial charge is 0.488 e. The number of carbonyl (C=O) groups is 2. The van der Waals surface area contributed by atoms with Crippen LogP contribution >= 0.6 is 0 Å². The molecule has 1 aliphatic rings. The molecular formula is C25H27N3O4. The second-order valence-electron chi connectivity index (χ2n) is 8.30. The van der Waals surface area contributed by atoms with E-state index >= 15 is 0 Å². The lowest BCUT2D eigenvalue weighted by molar-refractivity contribution is 0.0949. The summed E-state index contributed by atoms with van der Waals surface area (Å²) in [5, 5.41) is 9.83. The Hall–Kier alpha value is -3.61. The molecule has 0 bridgehead atoms. The van der Waals surface area contributed by atoms with Gasteiger partial charge in [0, 0.05) is 22.9 Å². The highest BCUT2D eigenvalue weighted by Gasteiger charge is 2.24. The lowest BCUT2D eigenvalue weighted by atomic mass is 10.1. The van der Waals surface area contributed by atoms with Crippen LogP contribution in [0.1, 0.15) is 61.7 Å². The normalized spacial score (nSPS) is 13.0. The van der Waals surface area contributed by atoms with Gasteiger partial charge in [0.1, 0.15) is 18.1 Å². The van der Waals surface area contributed by atoms with Gasteiger partial charge >= 0.3 is 0 Å². The van der Waals surface area contributed by atoms with E-state index in [-0.39, 0.29) is 17.9 Å². The Morgan fingerprint density at radius 2 is 1.72 bits per heavy atom. The first-order valence-corrected chi connectivity index (χ1v) is 10.7. The van der Waals surface area contributed by atoms with Crippen molar-refractivity contribution in [3.05, 3.63) is 75.7 Å². The number of hydrogen-bond donors (Lipinski definition) is 2. The molecule has 7 nitrogen and oxygen atoms in total. The average molecular weight is 434 g/mol. The molecule has 166 valence electrons. The number of nitrogens with zero attached hydrogens (tertiary/aromatic N) is 1. The molecule has 2 N–H and O–H groups in total. The van der Waals surface area contributed by atoms with Crippen LogP contribution in [0.2, 0.25) is 0 Å². The van der Waals surface area contributed by atoms with E-state index in [1.54, 1.807) is 30.3 Å². The van der Waals surface area contributed by atoms with Crippen molar-refractivity contribution >= 4 is 17.5 Å². The van der Waals surface area contributed by atoms with Crippen LogP contribution in [-0.2, 0) is 6.61 Å². The van der Waals surface area contributed by atoms with Gasteiger partial charge in [-0.2, -0.15) is 0 Å². The number of nitrogens with one attached hydrogen (secondary N) is 2. The molecule has 0 saturated heterocycles. The lowest BCUT2D eigenvalue weighted by Crippen LogP contribution is -2.25. The molecule has 2 aromatic carbocycles. The summed E-state index contributed by atoms with van der Waals surface area (Å²) in [5.41, 5.74) is 5.13. The van der Waals surface area contributed by atoms with Crippen molar-refractivity contribution in [3.8, 4) is 5.75 Å². The van der Waals surface area contributed by atoms with E-state index in [2.05, 4.69) is 15.8 Å². The molecule has 0 spiro atoms. The number of rotatable bonds is 7. The predicted octanol–water partition coefficient (Wildman–Crippen LogP) is 4.63. The Kier molecular flexibility index (Phi) is 5.99. The maximum absolute atomic E-state index is 12.9. The number of carbonyl (C=O) groups excluding carboxylic acids is 2. The molecule has 3 aromatic rings. The van der Waals surface area contributed by atoms with E-state index in [0.29, 0.717) is 29.2 Å². The van der Waals surface area contributed by atoms with Crippen molar-refractivity contribution in [1.82, 2.24) is 10.5 Å². The fourth-order valence-electron chi connectivity index (χ4n) is 3.40. The summed E-state index contributed by atoms with van der Waals surface area (Å²) in [7, 11) is 0. The van der Waals surface area contributed by atoms with Crippen molar-refractivity contribution in [2.75, 3.05) is 5.32 Å². The molecule has 0 aliphatic heterocycles. The van der Waals surface area contributed by atoms with Crippen LogP contribution in [-0.4, -0.2) is 23.0 Å². The fourth-order valence-corrected chi connectivity index (χ4v) is 3.40. The minimum absolute atomic E-state index is 0.112. The zero-order valence-electron chi connectivity index (χ0n) is 18.7. The van der Waals surface area contributed by atoms with Gasteiger partial charge in [0.05, 0.1) is 11.3 Å². The van der Waals surface area contributed by atoms with Crippen LogP contribution in [0.4, 0.5) is 5.69 Å². The standard InChI is InChI=1S/C25H27N3O4/c1-14-5-6-19(24(29)26-20-8-9-20)12-22(14)27-25(30)18-7-10-23(15(2)11-18)31-13-21-16(3)28-32-17(21)4/h5-7,10-12,20H,8-9,13H2,1-4H3,(H,26,29)(H,27,30). The van der Waals surface area contributed by atoms with E-state index in [4.69, 9.17) is 9.26 Å². The highest BCUT2D eigenvalue weighted by molar-refractivity contribution is 6.05. The Balaban J connectivity index is 1.44. The van der Waals surface area contributed by atoms with Gasteiger partial charge in [-0.3, -0.25) is 9.59 Å². The first kappa shape index (κ1) is 21.6. The number of amides is 2. The molecule has 7 heteroatoms. The summed E-state index contributed by atoms with van der Waals surface area (Å²) in [6, 6.07) is 10.9. The fraction of sp³-hybridized carbons (Fsp3) is 0.320. The summed E-state index contributed by atoms with van der Waals surface area (Å²) in [6.45, 7) is 7.87. The third-order valence-electron chi connectivity index (χ3n) is 5.65. The first-order chi connectivity index (χ1) is 15.3. The topological polar surface area (TPSA) is 93.5 Å². The zero-order valence-corrected chi connectivity index (χ0v) is 18.7. The number of benzene rings is 2. The van der Waals surface area contributed by atoms with Gasteiger partial charge in [-0.1, -0.05) is 11.2 Å². The van der Waals surface area contributed by atoms with Crippen LogP contribution in [0, 0.1) is 27.7 Å². The molecule has 0 atom stereocenters. The van der Waals surface area contributed by atoms with E-state index in [1.807, 2.05) is 33.8 Å². The molecule has 32 heavy (non-hydrogen) atoms. The van der Waals surface area contributed by atoms with Crippen LogP contribution in [0.5, 0.6) is 5.75 Å². The first-order valence-electron chi connectivity index (χ1n) is 10.7. The molecule has 1 heterocycles. The number of hydrogen-bond acceptors (Lipinski definition) is 5. The minimum Gasteiger partial charge on any atom is -0.488 e. The predicted molar refractivity (Wildman–Crippen MR) is 121 cm³/mol. The summed E-state index contributed by atoms with van der Waals surface area (Å²) in [6.07, 6.45) is 2.05. The van der Waals surface area contributed by atoms with Gasteiger partial charge in [-0.05, 0) is 82.0 Å². The third kappa shape index (κ3) is 4.82. The molecule has 1 fully saturated rings. The summed E-state index contributed by atoms with van der Waals surface area (Å²) < 4.78 is 11.1. The van der Waals surface area contributed by atoms with Gasteiger partial charge in [-0.25, -0.2) is 0 Å². The van der Waals surface area contributed by atoms with E-state index < -0.39 is 0 Å². The highest BCUT2D eigenvalue weighted by Crippen LogP contribution is 2.24. The molecule has 2 amide bonds. The van der Waals surface area contributed by atoms with Gasteiger partial charge in [0.15, 0.2) is 0 Å². The van der Waals surface area contributed by atoms with E-state index in [1.165, 1.54) is 0 Å². The van der Waals surface area contributed by atoms with Gasteiger partial charge in [0.25, 0.3) is 11.8 Å². The zero-order chi connectivity index (χ0) is 22.8.